The van der Waals surface area contributed by atoms with Gasteiger partial charge in [-0.2, -0.15) is 0 Å². The van der Waals surface area contributed by atoms with Crippen LogP contribution in [0.25, 0.3) is 0 Å². The van der Waals surface area contributed by atoms with E-state index in [1.807, 2.05) is 6.20 Å². The average molecular weight is 261 g/mol. The zero-order valence-electron chi connectivity index (χ0n) is 12.3. The number of aromatic nitrogens is 1. The lowest BCUT2D eigenvalue weighted by molar-refractivity contribution is 0.0728. The molecule has 106 valence electrons. The predicted octanol–water partition coefficient (Wildman–Crippen LogP) is 3.76. The van der Waals surface area contributed by atoms with Crippen LogP contribution in [0.15, 0.2) is 18.3 Å². The molecule has 1 aliphatic carbocycles. The third kappa shape index (κ3) is 4.04. The van der Waals surface area contributed by atoms with Gasteiger partial charge in [0.25, 0.3) is 0 Å². The van der Waals surface area contributed by atoms with Crippen molar-refractivity contribution in [1.29, 1.82) is 0 Å². The third-order valence-electron chi connectivity index (χ3n) is 4.73. The molecule has 1 fully saturated rings. The summed E-state index contributed by atoms with van der Waals surface area (Å²) in [6, 6.07) is 4.20. The molecular weight excluding hydrogens is 234 g/mol. The summed E-state index contributed by atoms with van der Waals surface area (Å²) in [5, 5.41) is 10.4. The van der Waals surface area contributed by atoms with Crippen molar-refractivity contribution in [1.82, 2.24) is 4.98 Å². The van der Waals surface area contributed by atoms with Gasteiger partial charge in [-0.25, -0.2) is 0 Å². The summed E-state index contributed by atoms with van der Waals surface area (Å²) in [5.74, 6) is 1.38. The largest absolute Gasteiger partial charge is 0.392 e. The molecule has 1 heterocycles. The molecule has 0 amide bonds. The number of hydrogen-bond donors (Lipinski definition) is 1. The Morgan fingerprint density at radius 1 is 1.21 bits per heavy atom. The van der Waals surface area contributed by atoms with Crippen LogP contribution in [0.1, 0.15) is 57.2 Å². The van der Waals surface area contributed by atoms with E-state index >= 15 is 0 Å². The fourth-order valence-corrected chi connectivity index (χ4v) is 3.15. The number of aryl methyl sites for hydroxylation is 1. The summed E-state index contributed by atoms with van der Waals surface area (Å²) >= 11 is 0. The highest BCUT2D eigenvalue weighted by molar-refractivity contribution is 5.14. The highest BCUT2D eigenvalue weighted by atomic mass is 16.3. The molecule has 0 radical (unpaired) electrons. The van der Waals surface area contributed by atoms with Gasteiger partial charge < -0.3 is 5.11 Å². The topological polar surface area (TPSA) is 33.1 Å². The van der Waals surface area contributed by atoms with E-state index in [1.54, 1.807) is 0 Å². The quantitative estimate of drug-likeness (QED) is 0.875. The first-order valence-corrected chi connectivity index (χ1v) is 7.84. The summed E-state index contributed by atoms with van der Waals surface area (Å²) < 4.78 is 0. The lowest BCUT2D eigenvalue weighted by Crippen LogP contribution is -2.27. The lowest BCUT2D eigenvalue weighted by atomic mass is 9.77. The molecule has 0 bridgehead atoms. The number of aliphatic hydroxyl groups is 1. The van der Waals surface area contributed by atoms with E-state index in [9.17, 15) is 5.11 Å². The van der Waals surface area contributed by atoms with Crippen LogP contribution in [0.5, 0.6) is 0 Å². The molecule has 19 heavy (non-hydrogen) atoms. The summed E-state index contributed by atoms with van der Waals surface area (Å²) in [6.07, 6.45) is 9.72. The molecule has 0 spiro atoms. The Morgan fingerprint density at radius 2 is 1.95 bits per heavy atom. The van der Waals surface area contributed by atoms with E-state index in [2.05, 4.69) is 31.0 Å². The van der Waals surface area contributed by atoms with Crippen LogP contribution in [0.2, 0.25) is 0 Å². The third-order valence-corrected chi connectivity index (χ3v) is 4.73. The minimum Gasteiger partial charge on any atom is -0.392 e. The van der Waals surface area contributed by atoms with Gasteiger partial charge in [-0.15, -0.1) is 0 Å². The number of nitrogens with zero attached hydrogens (tertiary/aromatic N) is 1. The van der Waals surface area contributed by atoms with Gasteiger partial charge in [0.15, 0.2) is 0 Å². The van der Waals surface area contributed by atoms with Crippen LogP contribution in [-0.2, 0) is 12.8 Å². The summed E-state index contributed by atoms with van der Waals surface area (Å²) in [7, 11) is 0. The first kappa shape index (κ1) is 14.5. The molecule has 0 aliphatic heterocycles. The molecule has 1 aromatic heterocycles. The number of rotatable bonds is 5. The van der Waals surface area contributed by atoms with Crippen LogP contribution in [0, 0.1) is 11.8 Å². The van der Waals surface area contributed by atoms with E-state index in [-0.39, 0.29) is 6.10 Å². The maximum absolute atomic E-state index is 10.4. The summed E-state index contributed by atoms with van der Waals surface area (Å²) in [6.45, 7) is 4.42. The number of aliphatic hydroxyl groups excluding tert-OH is 1. The van der Waals surface area contributed by atoms with Gasteiger partial charge in [0, 0.05) is 18.3 Å². The molecule has 1 aliphatic rings. The fraction of sp³-hybridized carbons (Fsp3) is 0.706. The monoisotopic (exact) mass is 261 g/mol. The van der Waals surface area contributed by atoms with Crippen molar-refractivity contribution < 1.29 is 5.11 Å². The van der Waals surface area contributed by atoms with Gasteiger partial charge in [0.2, 0.25) is 0 Å². The van der Waals surface area contributed by atoms with Gasteiger partial charge >= 0.3 is 0 Å². The standard InChI is InChI=1S/C17H27NO/c1-3-13-5-8-15(9-6-13)17(19)11-16-10-7-14(4-2)12-18-16/h7,10,12-13,15,17,19H,3-6,8-9,11H2,1-2H3. The minimum absolute atomic E-state index is 0.210. The Bertz CT molecular complexity index is 365. The molecule has 1 N–H and O–H groups in total. The Balaban J connectivity index is 1.84. The van der Waals surface area contributed by atoms with Crippen molar-refractivity contribution in [3.8, 4) is 0 Å². The fourth-order valence-electron chi connectivity index (χ4n) is 3.15. The molecular formula is C17H27NO. The smallest absolute Gasteiger partial charge is 0.0623 e. The zero-order chi connectivity index (χ0) is 13.7. The molecule has 1 unspecified atom stereocenters. The lowest BCUT2D eigenvalue weighted by Gasteiger charge is -2.31. The van der Waals surface area contributed by atoms with Crippen molar-refractivity contribution >= 4 is 0 Å². The van der Waals surface area contributed by atoms with Gasteiger partial charge in [-0.1, -0.05) is 39.2 Å². The van der Waals surface area contributed by atoms with E-state index in [1.165, 1.54) is 37.7 Å². The van der Waals surface area contributed by atoms with Crippen molar-refractivity contribution in [2.75, 3.05) is 0 Å². The summed E-state index contributed by atoms with van der Waals surface area (Å²) in [5.41, 5.74) is 2.30. The van der Waals surface area contributed by atoms with Crippen LogP contribution in [0.3, 0.4) is 0 Å². The van der Waals surface area contributed by atoms with Crippen LogP contribution < -0.4 is 0 Å². The van der Waals surface area contributed by atoms with E-state index < -0.39 is 0 Å². The van der Waals surface area contributed by atoms with Crippen LogP contribution >= 0.6 is 0 Å². The van der Waals surface area contributed by atoms with Crippen LogP contribution in [0.4, 0.5) is 0 Å². The second kappa shape index (κ2) is 7.04. The molecule has 0 aromatic carbocycles. The Labute approximate surface area is 117 Å². The van der Waals surface area contributed by atoms with Gasteiger partial charge in [-0.3, -0.25) is 4.98 Å². The Hall–Kier alpha value is -0.890. The maximum atomic E-state index is 10.4. The molecule has 2 rings (SSSR count). The van der Waals surface area contributed by atoms with Gasteiger partial charge in [0.05, 0.1) is 6.10 Å². The maximum Gasteiger partial charge on any atom is 0.0623 e. The molecule has 2 nitrogen and oxygen atoms in total. The molecule has 0 saturated heterocycles. The number of hydrogen-bond acceptors (Lipinski definition) is 2. The number of pyridine rings is 1. The van der Waals surface area contributed by atoms with Crippen molar-refractivity contribution in [3.63, 3.8) is 0 Å². The average Bonchev–Trinajstić information content (AvgIpc) is 2.48. The van der Waals surface area contributed by atoms with E-state index in [0.29, 0.717) is 12.3 Å². The molecule has 1 saturated carbocycles. The zero-order valence-corrected chi connectivity index (χ0v) is 12.3. The predicted molar refractivity (Wildman–Crippen MR) is 79.1 cm³/mol. The molecule has 1 atom stereocenters. The van der Waals surface area contributed by atoms with Gasteiger partial charge in [-0.05, 0) is 42.7 Å². The van der Waals surface area contributed by atoms with Crippen molar-refractivity contribution in [3.05, 3.63) is 29.6 Å². The Kier molecular flexibility index (Phi) is 5.38. The first-order chi connectivity index (χ1) is 9.22. The minimum atomic E-state index is -0.210. The van der Waals surface area contributed by atoms with Gasteiger partial charge in [0.1, 0.15) is 0 Å². The van der Waals surface area contributed by atoms with Crippen LogP contribution in [-0.4, -0.2) is 16.2 Å². The highest BCUT2D eigenvalue weighted by Crippen LogP contribution is 2.33. The second-order valence-corrected chi connectivity index (χ2v) is 5.97. The second-order valence-electron chi connectivity index (χ2n) is 5.97. The highest BCUT2D eigenvalue weighted by Gasteiger charge is 2.25. The molecule has 1 aromatic rings. The molecule has 2 heteroatoms. The van der Waals surface area contributed by atoms with Crippen molar-refractivity contribution in [2.45, 2.75) is 64.9 Å². The normalized spacial score (nSPS) is 25.2. The SMILES string of the molecule is CCc1ccc(CC(O)C2CCC(CC)CC2)nc1. The van der Waals surface area contributed by atoms with E-state index in [4.69, 9.17) is 0 Å². The summed E-state index contributed by atoms with van der Waals surface area (Å²) in [4.78, 5) is 4.46. The van der Waals surface area contributed by atoms with E-state index in [0.717, 1.165) is 18.0 Å². The first-order valence-electron chi connectivity index (χ1n) is 7.84. The van der Waals surface area contributed by atoms with Crippen molar-refractivity contribution in [2.24, 2.45) is 11.8 Å². The Morgan fingerprint density at radius 3 is 2.47 bits per heavy atom.